The molecule has 1 saturated carbocycles. The van der Waals surface area contributed by atoms with Gasteiger partial charge in [0.25, 0.3) is 0 Å². The molecule has 0 aliphatic heterocycles. The molecule has 1 aliphatic carbocycles. The molecule has 0 amide bonds. The third-order valence-corrected chi connectivity index (χ3v) is 3.71. The molecule has 0 aromatic carbocycles. The summed E-state index contributed by atoms with van der Waals surface area (Å²) in [5.74, 6) is 0.925. The van der Waals surface area contributed by atoms with Crippen molar-refractivity contribution in [2.24, 2.45) is 5.92 Å². The Balaban J connectivity index is 2.18. The lowest BCUT2D eigenvalue weighted by molar-refractivity contribution is 0.0726. The van der Waals surface area contributed by atoms with Crippen molar-refractivity contribution in [3.63, 3.8) is 0 Å². The second-order valence-corrected chi connectivity index (χ2v) is 5.11. The van der Waals surface area contributed by atoms with E-state index >= 15 is 0 Å². The lowest BCUT2D eigenvalue weighted by atomic mass is 9.97. The van der Waals surface area contributed by atoms with Crippen LogP contribution in [-0.4, -0.2) is 25.3 Å². The lowest BCUT2D eigenvalue weighted by Gasteiger charge is -2.23. The zero-order valence-electron chi connectivity index (χ0n) is 11.3. The Labute approximate surface area is 101 Å². The summed E-state index contributed by atoms with van der Waals surface area (Å²) in [6, 6.07) is 0.759. The van der Waals surface area contributed by atoms with Crippen LogP contribution in [0, 0.1) is 5.92 Å². The molecule has 1 aliphatic rings. The van der Waals surface area contributed by atoms with Crippen LogP contribution < -0.4 is 5.32 Å². The van der Waals surface area contributed by atoms with Crippen molar-refractivity contribution in [3.8, 4) is 0 Å². The first-order valence-electron chi connectivity index (χ1n) is 7.12. The minimum atomic E-state index is 0.359. The number of unbranched alkanes of at least 4 members (excludes halogenated alkanes) is 1. The van der Waals surface area contributed by atoms with E-state index in [0.717, 1.165) is 25.1 Å². The fourth-order valence-corrected chi connectivity index (χ4v) is 2.78. The molecule has 0 aromatic rings. The van der Waals surface area contributed by atoms with Crippen LogP contribution in [0.4, 0.5) is 0 Å². The fourth-order valence-electron chi connectivity index (χ4n) is 2.78. The molecule has 96 valence electrons. The van der Waals surface area contributed by atoms with Crippen LogP contribution >= 0.6 is 0 Å². The van der Waals surface area contributed by atoms with Crippen LogP contribution in [0.15, 0.2) is 0 Å². The molecule has 0 heterocycles. The average Bonchev–Trinajstić information content (AvgIpc) is 2.71. The molecule has 3 atom stereocenters. The molecule has 16 heavy (non-hydrogen) atoms. The Kier molecular flexibility index (Phi) is 7.06. The summed E-state index contributed by atoms with van der Waals surface area (Å²) in [6.45, 7) is 8.35. The van der Waals surface area contributed by atoms with Crippen LogP contribution in [0.1, 0.15) is 59.3 Å². The largest absolute Gasteiger partial charge is 0.377 e. The minimum Gasteiger partial charge on any atom is -0.377 e. The van der Waals surface area contributed by atoms with E-state index in [2.05, 4.69) is 26.1 Å². The average molecular weight is 227 g/mol. The highest BCUT2D eigenvalue weighted by Gasteiger charge is 2.26. The van der Waals surface area contributed by atoms with E-state index in [1.165, 1.54) is 38.5 Å². The molecule has 0 bridgehead atoms. The van der Waals surface area contributed by atoms with Gasteiger partial charge in [-0.1, -0.05) is 26.2 Å². The number of rotatable bonds is 8. The van der Waals surface area contributed by atoms with Gasteiger partial charge in [0.2, 0.25) is 0 Å². The number of nitrogens with one attached hydrogen (secondary N) is 1. The molecular formula is C14H29NO. The smallest absolute Gasteiger partial charge is 0.0671 e. The van der Waals surface area contributed by atoms with Gasteiger partial charge >= 0.3 is 0 Å². The molecule has 0 spiro atoms. The predicted octanol–water partition coefficient (Wildman–Crippen LogP) is 3.36. The summed E-state index contributed by atoms with van der Waals surface area (Å²) in [6.07, 6.45) is 8.71. The maximum atomic E-state index is 5.56. The zero-order valence-corrected chi connectivity index (χ0v) is 11.3. The van der Waals surface area contributed by atoms with E-state index in [9.17, 15) is 0 Å². The standard InChI is InChI=1S/C14H29NO/c1-4-6-8-13-9-7-10-14(13)15-11-12(3)16-5-2/h12-15H,4-11H2,1-3H3. The SMILES string of the molecule is CCCCC1CCCC1NCC(C)OCC. The third-order valence-electron chi connectivity index (χ3n) is 3.71. The molecule has 0 aromatic heterocycles. The Morgan fingerprint density at radius 3 is 2.81 bits per heavy atom. The highest BCUT2D eigenvalue weighted by molar-refractivity contribution is 4.83. The van der Waals surface area contributed by atoms with E-state index in [1.807, 2.05) is 0 Å². The van der Waals surface area contributed by atoms with Crippen LogP contribution in [0.3, 0.4) is 0 Å². The van der Waals surface area contributed by atoms with Gasteiger partial charge in [-0.15, -0.1) is 0 Å². The molecule has 0 radical (unpaired) electrons. The molecule has 1 fully saturated rings. The summed E-state index contributed by atoms with van der Waals surface area (Å²) >= 11 is 0. The van der Waals surface area contributed by atoms with Crippen LogP contribution in [0.2, 0.25) is 0 Å². The maximum absolute atomic E-state index is 5.56. The van der Waals surface area contributed by atoms with Crippen LogP contribution in [-0.2, 0) is 4.74 Å². The second kappa shape index (κ2) is 8.08. The van der Waals surface area contributed by atoms with Crippen LogP contribution in [0.5, 0.6) is 0 Å². The second-order valence-electron chi connectivity index (χ2n) is 5.11. The van der Waals surface area contributed by atoms with E-state index in [0.29, 0.717) is 6.10 Å². The van der Waals surface area contributed by atoms with Crippen LogP contribution in [0.25, 0.3) is 0 Å². The number of hydrogen-bond acceptors (Lipinski definition) is 2. The van der Waals surface area contributed by atoms with Gasteiger partial charge in [-0.05, 0) is 39.0 Å². The van der Waals surface area contributed by atoms with Crippen molar-refractivity contribution >= 4 is 0 Å². The minimum absolute atomic E-state index is 0.359. The van der Waals surface area contributed by atoms with Gasteiger partial charge in [-0.25, -0.2) is 0 Å². The summed E-state index contributed by atoms with van der Waals surface area (Å²) in [7, 11) is 0. The molecule has 2 nitrogen and oxygen atoms in total. The normalized spacial score (nSPS) is 27.2. The topological polar surface area (TPSA) is 21.3 Å². The number of hydrogen-bond donors (Lipinski definition) is 1. The van der Waals surface area contributed by atoms with Crippen molar-refractivity contribution in [3.05, 3.63) is 0 Å². The van der Waals surface area contributed by atoms with Crippen molar-refractivity contribution in [2.45, 2.75) is 71.4 Å². The quantitative estimate of drug-likeness (QED) is 0.686. The fraction of sp³-hybridized carbons (Fsp3) is 1.00. The summed E-state index contributed by atoms with van der Waals surface area (Å²) in [4.78, 5) is 0. The van der Waals surface area contributed by atoms with Crippen molar-refractivity contribution in [2.75, 3.05) is 13.2 Å². The Bertz CT molecular complexity index is 172. The molecule has 1 N–H and O–H groups in total. The maximum Gasteiger partial charge on any atom is 0.0671 e. The van der Waals surface area contributed by atoms with Crippen molar-refractivity contribution in [1.82, 2.24) is 5.32 Å². The third kappa shape index (κ3) is 4.84. The van der Waals surface area contributed by atoms with E-state index < -0.39 is 0 Å². The molecular weight excluding hydrogens is 198 g/mol. The van der Waals surface area contributed by atoms with E-state index in [4.69, 9.17) is 4.74 Å². The first kappa shape index (κ1) is 14.0. The lowest BCUT2D eigenvalue weighted by Crippen LogP contribution is -2.37. The highest BCUT2D eigenvalue weighted by atomic mass is 16.5. The van der Waals surface area contributed by atoms with Gasteiger partial charge in [0.15, 0.2) is 0 Å². The summed E-state index contributed by atoms with van der Waals surface area (Å²) in [5, 5.41) is 3.70. The highest BCUT2D eigenvalue weighted by Crippen LogP contribution is 2.29. The van der Waals surface area contributed by atoms with E-state index in [-0.39, 0.29) is 0 Å². The predicted molar refractivity (Wildman–Crippen MR) is 69.7 cm³/mol. The van der Waals surface area contributed by atoms with Gasteiger partial charge in [0.05, 0.1) is 6.10 Å². The van der Waals surface area contributed by atoms with E-state index in [1.54, 1.807) is 0 Å². The first-order valence-corrected chi connectivity index (χ1v) is 7.12. The van der Waals surface area contributed by atoms with Gasteiger partial charge in [-0.3, -0.25) is 0 Å². The zero-order chi connectivity index (χ0) is 11.8. The number of ether oxygens (including phenoxy) is 1. The molecule has 0 saturated heterocycles. The van der Waals surface area contributed by atoms with Gasteiger partial charge < -0.3 is 10.1 Å². The molecule has 2 heteroatoms. The molecule has 3 unspecified atom stereocenters. The Hall–Kier alpha value is -0.0800. The summed E-state index contributed by atoms with van der Waals surface area (Å²) in [5.41, 5.74) is 0. The molecule has 1 rings (SSSR count). The van der Waals surface area contributed by atoms with Gasteiger partial charge in [0, 0.05) is 19.2 Å². The van der Waals surface area contributed by atoms with Crippen molar-refractivity contribution < 1.29 is 4.74 Å². The monoisotopic (exact) mass is 227 g/mol. The van der Waals surface area contributed by atoms with Crippen molar-refractivity contribution in [1.29, 1.82) is 0 Å². The Morgan fingerprint density at radius 2 is 2.12 bits per heavy atom. The van der Waals surface area contributed by atoms with Gasteiger partial charge in [-0.2, -0.15) is 0 Å². The summed E-state index contributed by atoms with van der Waals surface area (Å²) < 4.78 is 5.56. The Morgan fingerprint density at radius 1 is 1.31 bits per heavy atom. The van der Waals surface area contributed by atoms with Gasteiger partial charge in [0.1, 0.15) is 0 Å². The first-order chi connectivity index (χ1) is 7.77.